The van der Waals surface area contributed by atoms with Crippen LogP contribution in [0.1, 0.15) is 25.8 Å². The number of hydrogen-bond donors (Lipinski definition) is 1. The van der Waals surface area contributed by atoms with Crippen molar-refractivity contribution in [2.75, 3.05) is 18.0 Å². The number of para-hydroxylation sites is 1. The smallest absolute Gasteiger partial charge is 0.151 e. The number of rotatable bonds is 7. The van der Waals surface area contributed by atoms with Crippen LogP contribution in [0.3, 0.4) is 0 Å². The number of aromatic nitrogens is 1. The van der Waals surface area contributed by atoms with Crippen molar-refractivity contribution in [1.82, 2.24) is 10.3 Å². The normalized spacial score (nSPS) is 10.6. The van der Waals surface area contributed by atoms with E-state index in [9.17, 15) is 0 Å². The third-order valence-electron chi connectivity index (χ3n) is 3.27. The Labute approximate surface area is 132 Å². The molecule has 0 aliphatic rings. The number of anilines is 2. The summed E-state index contributed by atoms with van der Waals surface area (Å²) in [6.07, 6.45) is 3.02. The standard InChI is InChI=1S/C17H22ClN3/c1-3-10-19-12-14-11-16(18)17(20-13-14)21(4-2)15-8-6-5-7-9-15/h5-9,11,13,19H,3-4,10,12H2,1-2H3. The lowest BCUT2D eigenvalue weighted by atomic mass is 10.2. The molecule has 0 aliphatic carbocycles. The van der Waals surface area contributed by atoms with Crippen molar-refractivity contribution < 1.29 is 0 Å². The molecule has 1 aromatic carbocycles. The number of pyridine rings is 1. The van der Waals surface area contributed by atoms with Crippen molar-refractivity contribution in [2.24, 2.45) is 0 Å². The van der Waals surface area contributed by atoms with Gasteiger partial charge in [-0.3, -0.25) is 0 Å². The molecule has 1 aromatic heterocycles. The lowest BCUT2D eigenvalue weighted by Crippen LogP contribution is -2.18. The van der Waals surface area contributed by atoms with Gasteiger partial charge < -0.3 is 10.2 Å². The van der Waals surface area contributed by atoms with Gasteiger partial charge in [0.2, 0.25) is 0 Å². The quantitative estimate of drug-likeness (QED) is 0.769. The van der Waals surface area contributed by atoms with Gasteiger partial charge in [-0.05, 0) is 43.7 Å². The summed E-state index contributed by atoms with van der Waals surface area (Å²) in [7, 11) is 0. The minimum atomic E-state index is 0.691. The van der Waals surface area contributed by atoms with E-state index in [4.69, 9.17) is 11.6 Å². The first-order chi connectivity index (χ1) is 10.3. The average Bonchev–Trinajstić information content (AvgIpc) is 2.51. The highest BCUT2D eigenvalue weighted by Gasteiger charge is 2.12. The van der Waals surface area contributed by atoms with Crippen LogP contribution in [-0.2, 0) is 6.54 Å². The van der Waals surface area contributed by atoms with E-state index in [1.165, 1.54) is 0 Å². The Bertz CT molecular complexity index is 557. The van der Waals surface area contributed by atoms with E-state index in [2.05, 4.69) is 41.2 Å². The van der Waals surface area contributed by atoms with Crippen molar-refractivity contribution >= 4 is 23.1 Å². The van der Waals surface area contributed by atoms with Gasteiger partial charge in [0.15, 0.2) is 5.82 Å². The zero-order chi connectivity index (χ0) is 15.1. The molecule has 2 aromatic rings. The van der Waals surface area contributed by atoms with E-state index in [0.29, 0.717) is 5.02 Å². The minimum absolute atomic E-state index is 0.691. The lowest BCUT2D eigenvalue weighted by Gasteiger charge is -2.23. The van der Waals surface area contributed by atoms with E-state index < -0.39 is 0 Å². The fourth-order valence-electron chi connectivity index (χ4n) is 2.24. The summed E-state index contributed by atoms with van der Waals surface area (Å²) in [6, 6.07) is 12.2. The maximum atomic E-state index is 6.43. The molecule has 1 N–H and O–H groups in total. The third-order valence-corrected chi connectivity index (χ3v) is 3.55. The summed E-state index contributed by atoms with van der Waals surface area (Å²) in [4.78, 5) is 6.68. The first kappa shape index (κ1) is 15.8. The Morgan fingerprint density at radius 2 is 1.95 bits per heavy atom. The van der Waals surface area contributed by atoms with Gasteiger partial charge in [0, 0.05) is 25.0 Å². The van der Waals surface area contributed by atoms with Crippen LogP contribution in [0.2, 0.25) is 5.02 Å². The van der Waals surface area contributed by atoms with Gasteiger partial charge in [0.05, 0.1) is 5.02 Å². The summed E-state index contributed by atoms with van der Waals surface area (Å²) in [5.74, 6) is 0.810. The molecular weight excluding hydrogens is 282 g/mol. The SMILES string of the molecule is CCCNCc1cnc(N(CC)c2ccccc2)c(Cl)c1. The first-order valence-electron chi connectivity index (χ1n) is 7.44. The van der Waals surface area contributed by atoms with Crippen LogP contribution in [-0.4, -0.2) is 18.1 Å². The summed E-state index contributed by atoms with van der Waals surface area (Å²) < 4.78 is 0. The zero-order valence-corrected chi connectivity index (χ0v) is 13.4. The van der Waals surface area contributed by atoms with Gasteiger partial charge in [-0.15, -0.1) is 0 Å². The second-order valence-electron chi connectivity index (χ2n) is 4.91. The van der Waals surface area contributed by atoms with E-state index in [0.717, 1.165) is 43.1 Å². The van der Waals surface area contributed by atoms with Crippen molar-refractivity contribution in [2.45, 2.75) is 26.8 Å². The molecular formula is C17H22ClN3. The predicted molar refractivity (Wildman–Crippen MR) is 90.4 cm³/mol. The second kappa shape index (κ2) is 8.01. The Balaban J connectivity index is 2.19. The lowest BCUT2D eigenvalue weighted by molar-refractivity contribution is 0.674. The van der Waals surface area contributed by atoms with Crippen LogP contribution in [0, 0.1) is 0 Å². The van der Waals surface area contributed by atoms with E-state index in [1.54, 1.807) is 0 Å². The van der Waals surface area contributed by atoms with Crippen LogP contribution < -0.4 is 10.2 Å². The fraction of sp³-hybridized carbons (Fsp3) is 0.353. The fourth-order valence-corrected chi connectivity index (χ4v) is 2.53. The predicted octanol–water partition coefficient (Wildman–Crippen LogP) is 4.39. The van der Waals surface area contributed by atoms with E-state index in [-0.39, 0.29) is 0 Å². The Hall–Kier alpha value is -1.58. The van der Waals surface area contributed by atoms with Crippen LogP contribution in [0.4, 0.5) is 11.5 Å². The highest BCUT2D eigenvalue weighted by Crippen LogP contribution is 2.30. The molecule has 0 aliphatic heterocycles. The van der Waals surface area contributed by atoms with Crippen LogP contribution in [0.25, 0.3) is 0 Å². The molecule has 21 heavy (non-hydrogen) atoms. The molecule has 3 nitrogen and oxygen atoms in total. The summed E-state index contributed by atoms with van der Waals surface area (Å²) in [5, 5.41) is 4.05. The number of hydrogen-bond acceptors (Lipinski definition) is 3. The van der Waals surface area contributed by atoms with E-state index in [1.807, 2.05) is 30.5 Å². The van der Waals surface area contributed by atoms with Gasteiger partial charge in [-0.25, -0.2) is 4.98 Å². The molecule has 2 rings (SSSR count). The zero-order valence-electron chi connectivity index (χ0n) is 12.6. The largest absolute Gasteiger partial charge is 0.325 e. The van der Waals surface area contributed by atoms with Crippen LogP contribution in [0.5, 0.6) is 0 Å². The molecule has 0 spiro atoms. The average molecular weight is 304 g/mol. The molecule has 0 fully saturated rings. The molecule has 1 heterocycles. The van der Waals surface area contributed by atoms with Crippen LogP contribution >= 0.6 is 11.6 Å². The maximum absolute atomic E-state index is 6.43. The topological polar surface area (TPSA) is 28.2 Å². The van der Waals surface area contributed by atoms with Crippen molar-refractivity contribution in [3.05, 3.63) is 53.2 Å². The number of nitrogens with zero attached hydrogens (tertiary/aromatic N) is 2. The summed E-state index contributed by atoms with van der Waals surface area (Å²) in [6.45, 7) is 6.88. The monoisotopic (exact) mass is 303 g/mol. The van der Waals surface area contributed by atoms with Crippen molar-refractivity contribution in [1.29, 1.82) is 0 Å². The van der Waals surface area contributed by atoms with Gasteiger partial charge in [0.1, 0.15) is 0 Å². The molecule has 0 saturated carbocycles. The van der Waals surface area contributed by atoms with Gasteiger partial charge in [-0.1, -0.05) is 36.7 Å². The maximum Gasteiger partial charge on any atom is 0.151 e. The van der Waals surface area contributed by atoms with Gasteiger partial charge in [-0.2, -0.15) is 0 Å². The Morgan fingerprint density at radius 3 is 2.57 bits per heavy atom. The van der Waals surface area contributed by atoms with Gasteiger partial charge >= 0.3 is 0 Å². The molecule has 0 unspecified atom stereocenters. The minimum Gasteiger partial charge on any atom is -0.325 e. The van der Waals surface area contributed by atoms with Crippen molar-refractivity contribution in [3.8, 4) is 0 Å². The second-order valence-corrected chi connectivity index (χ2v) is 5.31. The van der Waals surface area contributed by atoms with Gasteiger partial charge in [0.25, 0.3) is 0 Å². The van der Waals surface area contributed by atoms with Crippen molar-refractivity contribution in [3.63, 3.8) is 0 Å². The molecule has 0 atom stereocenters. The molecule has 0 saturated heterocycles. The molecule has 0 radical (unpaired) electrons. The highest BCUT2D eigenvalue weighted by atomic mass is 35.5. The number of halogens is 1. The Kier molecular flexibility index (Phi) is 6.03. The van der Waals surface area contributed by atoms with Crippen LogP contribution in [0.15, 0.2) is 42.6 Å². The Morgan fingerprint density at radius 1 is 1.19 bits per heavy atom. The molecule has 4 heteroatoms. The highest BCUT2D eigenvalue weighted by molar-refractivity contribution is 6.33. The number of benzene rings is 1. The third kappa shape index (κ3) is 4.19. The summed E-state index contributed by atoms with van der Waals surface area (Å²) in [5.41, 5.74) is 2.22. The summed E-state index contributed by atoms with van der Waals surface area (Å²) >= 11 is 6.43. The molecule has 0 amide bonds. The van der Waals surface area contributed by atoms with E-state index >= 15 is 0 Å². The molecule has 0 bridgehead atoms. The molecule has 112 valence electrons. The number of nitrogens with one attached hydrogen (secondary N) is 1. The first-order valence-corrected chi connectivity index (χ1v) is 7.81.